The summed E-state index contributed by atoms with van der Waals surface area (Å²) in [4.78, 5) is 16.2. The Hall–Kier alpha value is -2.27. The predicted molar refractivity (Wildman–Crippen MR) is 84.3 cm³/mol. The molecule has 1 saturated heterocycles. The van der Waals surface area contributed by atoms with Gasteiger partial charge in [-0.3, -0.25) is 9.78 Å². The van der Waals surface area contributed by atoms with E-state index in [2.05, 4.69) is 10.3 Å². The summed E-state index contributed by atoms with van der Waals surface area (Å²) >= 11 is 0. The fraction of sp³-hybridized carbons (Fsp3) is 0.333. The van der Waals surface area contributed by atoms with Gasteiger partial charge in [0.2, 0.25) is 5.91 Å². The summed E-state index contributed by atoms with van der Waals surface area (Å²) in [6.07, 6.45) is 4.55. The van der Waals surface area contributed by atoms with Crippen molar-refractivity contribution in [2.24, 2.45) is 5.92 Å². The zero-order chi connectivity index (χ0) is 16.1. The van der Waals surface area contributed by atoms with Crippen LogP contribution in [0.1, 0.15) is 11.1 Å². The lowest BCUT2D eigenvalue weighted by atomic mass is 9.95. The van der Waals surface area contributed by atoms with E-state index < -0.39 is 0 Å². The average molecular weight is 314 g/mol. The van der Waals surface area contributed by atoms with E-state index in [4.69, 9.17) is 4.74 Å². The summed E-state index contributed by atoms with van der Waals surface area (Å²) in [6.45, 7) is 1.15. The van der Waals surface area contributed by atoms with E-state index in [1.807, 2.05) is 12.1 Å². The van der Waals surface area contributed by atoms with E-state index in [0.29, 0.717) is 18.8 Å². The highest BCUT2D eigenvalue weighted by atomic mass is 19.1. The minimum atomic E-state index is -0.324. The molecule has 0 bridgehead atoms. The minimum absolute atomic E-state index is 0.00998. The molecule has 0 radical (unpaired) electrons. The highest BCUT2D eigenvalue weighted by Gasteiger charge is 2.29. The molecule has 2 heterocycles. The highest BCUT2D eigenvalue weighted by molar-refractivity contribution is 5.78. The molecule has 1 aromatic carbocycles. The van der Waals surface area contributed by atoms with Crippen LogP contribution in [0.4, 0.5) is 4.39 Å². The topological polar surface area (TPSA) is 51.2 Å². The van der Waals surface area contributed by atoms with Crippen molar-refractivity contribution in [3.8, 4) is 0 Å². The van der Waals surface area contributed by atoms with E-state index in [0.717, 1.165) is 6.42 Å². The number of hydrogen-bond acceptors (Lipinski definition) is 3. The van der Waals surface area contributed by atoms with Gasteiger partial charge in [0.25, 0.3) is 0 Å². The molecule has 2 atom stereocenters. The molecule has 1 aliphatic heterocycles. The third-order valence-corrected chi connectivity index (χ3v) is 4.05. The maximum Gasteiger partial charge on any atom is 0.224 e. The van der Waals surface area contributed by atoms with Gasteiger partial charge in [-0.25, -0.2) is 4.39 Å². The fourth-order valence-corrected chi connectivity index (χ4v) is 2.87. The van der Waals surface area contributed by atoms with Gasteiger partial charge in [-0.15, -0.1) is 0 Å². The van der Waals surface area contributed by atoms with Crippen LogP contribution in [0.5, 0.6) is 0 Å². The molecule has 1 aliphatic rings. The van der Waals surface area contributed by atoms with Gasteiger partial charge in [-0.05, 0) is 41.8 Å². The van der Waals surface area contributed by atoms with Crippen LogP contribution in [0.2, 0.25) is 0 Å². The molecule has 0 aliphatic carbocycles. The Bertz CT molecular complexity index is 663. The first-order valence-electron chi connectivity index (χ1n) is 7.71. The lowest BCUT2D eigenvalue weighted by Gasteiger charge is -2.19. The first-order valence-corrected chi connectivity index (χ1v) is 7.71. The lowest BCUT2D eigenvalue weighted by Crippen LogP contribution is -2.41. The van der Waals surface area contributed by atoms with E-state index in [9.17, 15) is 9.18 Å². The van der Waals surface area contributed by atoms with Gasteiger partial charge in [0.1, 0.15) is 5.82 Å². The molecule has 1 N–H and O–H groups in total. The molecule has 1 amide bonds. The molecule has 120 valence electrons. The van der Waals surface area contributed by atoms with E-state index in [1.165, 1.54) is 17.7 Å². The molecule has 1 aromatic heterocycles. The molecule has 4 nitrogen and oxygen atoms in total. The van der Waals surface area contributed by atoms with E-state index in [1.54, 1.807) is 24.5 Å². The second kappa shape index (κ2) is 7.33. The summed E-state index contributed by atoms with van der Waals surface area (Å²) in [7, 11) is 0. The van der Waals surface area contributed by atoms with Crippen molar-refractivity contribution >= 4 is 5.91 Å². The van der Waals surface area contributed by atoms with Crippen LogP contribution in [0, 0.1) is 11.7 Å². The van der Waals surface area contributed by atoms with Crippen LogP contribution in [-0.2, 0) is 22.4 Å². The van der Waals surface area contributed by atoms with Crippen molar-refractivity contribution in [3.05, 3.63) is 65.7 Å². The number of nitrogens with zero attached hydrogens (tertiary/aromatic N) is 1. The maximum absolute atomic E-state index is 13.2. The van der Waals surface area contributed by atoms with Crippen molar-refractivity contribution in [3.63, 3.8) is 0 Å². The maximum atomic E-state index is 13.2. The van der Waals surface area contributed by atoms with E-state index >= 15 is 0 Å². The molecule has 0 spiro atoms. The SMILES string of the molecule is O=C(Cc1cccc(F)c1)N[C@H]1COC[C@H]1Cc1ccncc1. The number of nitrogens with one attached hydrogen (secondary N) is 1. The number of amides is 1. The van der Waals surface area contributed by atoms with Gasteiger partial charge >= 0.3 is 0 Å². The molecule has 1 fully saturated rings. The summed E-state index contributed by atoms with van der Waals surface area (Å²) in [5.74, 6) is -0.185. The van der Waals surface area contributed by atoms with Gasteiger partial charge in [0.15, 0.2) is 0 Å². The summed E-state index contributed by atoms with van der Waals surface area (Å²) in [5, 5.41) is 3.02. The monoisotopic (exact) mass is 314 g/mol. The van der Waals surface area contributed by atoms with Crippen molar-refractivity contribution in [1.82, 2.24) is 10.3 Å². The number of ether oxygens (including phenoxy) is 1. The fourth-order valence-electron chi connectivity index (χ4n) is 2.87. The number of pyridine rings is 1. The van der Waals surface area contributed by atoms with Crippen LogP contribution in [0.25, 0.3) is 0 Å². The Labute approximate surface area is 134 Å². The van der Waals surface area contributed by atoms with E-state index in [-0.39, 0.29) is 30.1 Å². The van der Waals surface area contributed by atoms with Crippen molar-refractivity contribution in [2.75, 3.05) is 13.2 Å². The third-order valence-electron chi connectivity index (χ3n) is 4.05. The average Bonchev–Trinajstić information content (AvgIpc) is 2.95. The standard InChI is InChI=1S/C18H19FN2O2/c19-16-3-1-2-14(9-16)10-18(22)21-17-12-23-11-15(17)8-13-4-6-20-7-5-13/h1-7,9,15,17H,8,10-12H2,(H,21,22)/t15-,17+/m1/s1. The summed E-state index contributed by atoms with van der Waals surface area (Å²) in [6, 6.07) is 10.1. The normalized spacial score (nSPS) is 20.4. The lowest BCUT2D eigenvalue weighted by molar-refractivity contribution is -0.121. The molecular weight excluding hydrogens is 295 g/mol. The number of benzene rings is 1. The van der Waals surface area contributed by atoms with Gasteiger partial charge in [-0.2, -0.15) is 0 Å². The first kappa shape index (κ1) is 15.6. The molecule has 2 aromatic rings. The summed E-state index contributed by atoms with van der Waals surface area (Å²) < 4.78 is 18.7. The largest absolute Gasteiger partial charge is 0.379 e. The van der Waals surface area contributed by atoms with Gasteiger partial charge < -0.3 is 10.1 Å². The number of halogens is 1. The molecule has 0 unspecified atom stereocenters. The molecular formula is C18H19FN2O2. The second-order valence-corrected chi connectivity index (χ2v) is 5.84. The Kier molecular flexibility index (Phi) is 4.98. The molecule has 0 saturated carbocycles. The highest BCUT2D eigenvalue weighted by Crippen LogP contribution is 2.19. The molecule has 5 heteroatoms. The van der Waals surface area contributed by atoms with Crippen LogP contribution in [-0.4, -0.2) is 30.1 Å². The van der Waals surface area contributed by atoms with Crippen LogP contribution in [0.3, 0.4) is 0 Å². The Morgan fingerprint density at radius 3 is 2.83 bits per heavy atom. The zero-order valence-corrected chi connectivity index (χ0v) is 12.7. The van der Waals surface area contributed by atoms with Crippen LogP contribution in [0.15, 0.2) is 48.8 Å². The quantitative estimate of drug-likeness (QED) is 0.920. The van der Waals surface area contributed by atoms with Gasteiger partial charge in [0, 0.05) is 18.3 Å². The summed E-state index contributed by atoms with van der Waals surface area (Å²) in [5.41, 5.74) is 1.85. The Balaban J connectivity index is 1.56. The number of hydrogen-bond donors (Lipinski definition) is 1. The van der Waals surface area contributed by atoms with Crippen molar-refractivity contribution in [2.45, 2.75) is 18.9 Å². The zero-order valence-electron chi connectivity index (χ0n) is 12.7. The first-order chi connectivity index (χ1) is 11.2. The predicted octanol–water partition coefficient (Wildman–Crippen LogP) is 2.14. The Morgan fingerprint density at radius 1 is 1.22 bits per heavy atom. The van der Waals surface area contributed by atoms with Gasteiger partial charge in [-0.1, -0.05) is 12.1 Å². The third kappa shape index (κ3) is 4.36. The number of rotatable bonds is 5. The Morgan fingerprint density at radius 2 is 2.04 bits per heavy atom. The van der Waals surface area contributed by atoms with Crippen LogP contribution < -0.4 is 5.32 Å². The van der Waals surface area contributed by atoms with Crippen molar-refractivity contribution < 1.29 is 13.9 Å². The minimum Gasteiger partial charge on any atom is -0.379 e. The van der Waals surface area contributed by atoms with Crippen molar-refractivity contribution in [1.29, 1.82) is 0 Å². The number of carbonyl (C=O) groups is 1. The van der Waals surface area contributed by atoms with Gasteiger partial charge in [0.05, 0.1) is 25.7 Å². The number of carbonyl (C=O) groups excluding carboxylic acids is 1. The molecule has 23 heavy (non-hydrogen) atoms. The van der Waals surface area contributed by atoms with Crippen LogP contribution >= 0.6 is 0 Å². The second-order valence-electron chi connectivity index (χ2n) is 5.84. The smallest absolute Gasteiger partial charge is 0.224 e. The number of aromatic nitrogens is 1. The molecule has 3 rings (SSSR count).